The molecule has 5 nitrogen and oxygen atoms in total. The molecule has 0 aromatic heterocycles. The molecule has 0 spiro atoms. The number of piperidine rings is 1. The van der Waals surface area contributed by atoms with E-state index in [1.165, 1.54) is 27.2 Å². The Morgan fingerprint density at radius 2 is 1.79 bits per heavy atom. The van der Waals surface area contributed by atoms with Gasteiger partial charge in [0.15, 0.2) is 0 Å². The lowest BCUT2D eigenvalue weighted by molar-refractivity contribution is -0.113. The van der Waals surface area contributed by atoms with Gasteiger partial charge in [-0.3, -0.25) is 4.79 Å². The number of aryl methyl sites for hydroxylation is 1. The summed E-state index contributed by atoms with van der Waals surface area (Å²) in [5.74, 6) is 0.943. The lowest BCUT2D eigenvalue weighted by Crippen LogP contribution is -2.35. The van der Waals surface area contributed by atoms with Gasteiger partial charge in [-0.25, -0.2) is 8.42 Å². The maximum atomic E-state index is 12.8. The van der Waals surface area contributed by atoms with Crippen LogP contribution >= 0.6 is 11.8 Å². The number of anilines is 1. The normalized spacial score (nSPS) is 15.3. The van der Waals surface area contributed by atoms with Crippen LogP contribution in [0.4, 0.5) is 5.69 Å². The maximum absolute atomic E-state index is 12.8. The van der Waals surface area contributed by atoms with Gasteiger partial charge in [0.05, 0.1) is 10.6 Å². The molecule has 1 heterocycles. The van der Waals surface area contributed by atoms with E-state index in [1.54, 1.807) is 24.3 Å². The summed E-state index contributed by atoms with van der Waals surface area (Å²) in [6, 6.07) is 14.8. The third-order valence-corrected chi connectivity index (χ3v) is 7.59. The first-order chi connectivity index (χ1) is 13.4. The van der Waals surface area contributed by atoms with E-state index >= 15 is 0 Å². The van der Waals surface area contributed by atoms with Crippen LogP contribution in [0, 0.1) is 6.92 Å². The van der Waals surface area contributed by atoms with Crippen molar-refractivity contribution in [3.05, 3.63) is 59.7 Å². The van der Waals surface area contributed by atoms with Crippen LogP contribution in [-0.2, 0) is 20.6 Å². The highest BCUT2D eigenvalue weighted by Crippen LogP contribution is 2.23. The minimum atomic E-state index is -3.50. The highest BCUT2D eigenvalue weighted by Gasteiger charge is 2.26. The van der Waals surface area contributed by atoms with Gasteiger partial charge in [-0.15, -0.1) is 11.8 Å². The molecule has 1 amide bonds. The summed E-state index contributed by atoms with van der Waals surface area (Å²) in [7, 11) is -3.50. The second kappa shape index (κ2) is 9.58. The number of amides is 1. The van der Waals surface area contributed by atoms with Gasteiger partial charge in [-0.05, 0) is 43.5 Å². The number of carbonyl (C=O) groups excluding carboxylic acids is 1. The highest BCUT2D eigenvalue weighted by molar-refractivity contribution is 7.99. The first kappa shape index (κ1) is 20.9. The molecule has 150 valence electrons. The molecule has 2 aromatic carbocycles. The van der Waals surface area contributed by atoms with E-state index in [0.29, 0.717) is 24.5 Å². The Balaban J connectivity index is 1.56. The number of nitrogens with one attached hydrogen (secondary N) is 1. The summed E-state index contributed by atoms with van der Waals surface area (Å²) in [4.78, 5) is 12.5. The van der Waals surface area contributed by atoms with Crippen molar-refractivity contribution in [2.24, 2.45) is 0 Å². The molecule has 28 heavy (non-hydrogen) atoms. The topological polar surface area (TPSA) is 66.5 Å². The van der Waals surface area contributed by atoms with Crippen molar-refractivity contribution < 1.29 is 13.2 Å². The summed E-state index contributed by atoms with van der Waals surface area (Å²) in [6.07, 6.45) is 2.87. The van der Waals surface area contributed by atoms with Crippen molar-refractivity contribution in [1.29, 1.82) is 0 Å². The van der Waals surface area contributed by atoms with Crippen LogP contribution in [0.3, 0.4) is 0 Å². The average Bonchev–Trinajstić information content (AvgIpc) is 2.70. The van der Waals surface area contributed by atoms with Crippen LogP contribution < -0.4 is 5.32 Å². The molecule has 7 heteroatoms. The molecule has 0 bridgehead atoms. The number of thioether (sulfide) groups is 1. The fraction of sp³-hybridized carbons (Fsp3) is 0.381. The van der Waals surface area contributed by atoms with E-state index in [1.807, 2.05) is 6.92 Å². The molecule has 1 aliphatic rings. The zero-order valence-corrected chi connectivity index (χ0v) is 17.7. The Labute approximate surface area is 171 Å². The van der Waals surface area contributed by atoms with Crippen LogP contribution in [-0.4, -0.2) is 37.5 Å². The number of rotatable bonds is 7. The van der Waals surface area contributed by atoms with E-state index in [-0.39, 0.29) is 10.8 Å². The molecule has 1 aliphatic heterocycles. The number of sulfonamides is 1. The SMILES string of the molecule is Cc1ccc(CSCC(=O)Nc2cccc(S(=O)(=O)N3CCCCC3)c2)cc1. The molecule has 2 aromatic rings. The van der Waals surface area contributed by atoms with Crippen LogP contribution in [0.5, 0.6) is 0 Å². The minimum absolute atomic E-state index is 0.135. The lowest BCUT2D eigenvalue weighted by Gasteiger charge is -2.26. The molecule has 1 saturated heterocycles. The smallest absolute Gasteiger partial charge is 0.243 e. The van der Waals surface area contributed by atoms with Gasteiger partial charge in [0.1, 0.15) is 0 Å². The average molecular weight is 419 g/mol. The highest BCUT2D eigenvalue weighted by atomic mass is 32.2. The first-order valence-electron chi connectivity index (χ1n) is 9.48. The van der Waals surface area contributed by atoms with Gasteiger partial charge in [0.25, 0.3) is 0 Å². The second-order valence-electron chi connectivity index (χ2n) is 7.02. The summed E-state index contributed by atoms with van der Waals surface area (Å²) in [6.45, 7) is 3.17. The predicted octanol–water partition coefficient (Wildman–Crippen LogP) is 4.04. The van der Waals surface area contributed by atoms with E-state index in [2.05, 4.69) is 29.6 Å². The standard InChI is InChI=1S/C21H26N2O3S2/c1-17-8-10-18(11-9-17)15-27-16-21(24)22-19-6-5-7-20(14-19)28(25,26)23-12-3-2-4-13-23/h5-11,14H,2-4,12-13,15-16H2,1H3,(H,22,24). The van der Waals surface area contributed by atoms with Gasteiger partial charge in [0, 0.05) is 24.5 Å². The lowest BCUT2D eigenvalue weighted by atomic mass is 10.2. The van der Waals surface area contributed by atoms with Gasteiger partial charge in [-0.1, -0.05) is 42.3 Å². The van der Waals surface area contributed by atoms with Crippen molar-refractivity contribution in [3.8, 4) is 0 Å². The molecule has 0 unspecified atom stereocenters. The van der Waals surface area contributed by atoms with Crippen molar-refractivity contribution in [3.63, 3.8) is 0 Å². The van der Waals surface area contributed by atoms with E-state index in [4.69, 9.17) is 0 Å². The molecule has 0 radical (unpaired) electrons. The molecule has 1 fully saturated rings. The van der Waals surface area contributed by atoms with Gasteiger partial charge in [0.2, 0.25) is 15.9 Å². The quantitative estimate of drug-likeness (QED) is 0.737. The van der Waals surface area contributed by atoms with Crippen molar-refractivity contribution >= 4 is 33.4 Å². The predicted molar refractivity (Wildman–Crippen MR) is 115 cm³/mol. The van der Waals surface area contributed by atoms with Crippen LogP contribution in [0.15, 0.2) is 53.4 Å². The Morgan fingerprint density at radius 3 is 2.50 bits per heavy atom. The fourth-order valence-electron chi connectivity index (χ4n) is 3.13. The third kappa shape index (κ3) is 5.59. The molecular formula is C21H26N2O3S2. The summed E-state index contributed by atoms with van der Waals surface area (Å²) < 4.78 is 27.1. The molecule has 0 atom stereocenters. The Hall–Kier alpha value is -1.83. The fourth-order valence-corrected chi connectivity index (χ4v) is 5.48. The molecule has 0 saturated carbocycles. The van der Waals surface area contributed by atoms with Crippen LogP contribution in [0.25, 0.3) is 0 Å². The Kier molecular flexibility index (Phi) is 7.15. The maximum Gasteiger partial charge on any atom is 0.243 e. The zero-order valence-electron chi connectivity index (χ0n) is 16.1. The number of carbonyl (C=O) groups is 1. The van der Waals surface area contributed by atoms with Crippen LogP contribution in [0.1, 0.15) is 30.4 Å². The zero-order chi connectivity index (χ0) is 20.0. The number of benzene rings is 2. The van der Waals surface area contributed by atoms with Gasteiger partial charge < -0.3 is 5.32 Å². The molecule has 1 N–H and O–H groups in total. The Bertz CT molecular complexity index is 906. The number of hydrogen-bond donors (Lipinski definition) is 1. The second-order valence-corrected chi connectivity index (χ2v) is 9.94. The molecule has 0 aliphatic carbocycles. The first-order valence-corrected chi connectivity index (χ1v) is 12.1. The van der Waals surface area contributed by atoms with Crippen LogP contribution in [0.2, 0.25) is 0 Å². The van der Waals surface area contributed by atoms with Gasteiger partial charge >= 0.3 is 0 Å². The largest absolute Gasteiger partial charge is 0.325 e. The summed E-state index contributed by atoms with van der Waals surface area (Å²) in [5.41, 5.74) is 2.91. The minimum Gasteiger partial charge on any atom is -0.325 e. The third-order valence-electron chi connectivity index (χ3n) is 4.69. The summed E-state index contributed by atoms with van der Waals surface area (Å²) >= 11 is 1.53. The monoisotopic (exact) mass is 418 g/mol. The van der Waals surface area contributed by atoms with E-state index in [9.17, 15) is 13.2 Å². The van der Waals surface area contributed by atoms with E-state index < -0.39 is 10.0 Å². The van der Waals surface area contributed by atoms with Crippen molar-refractivity contribution in [2.75, 3.05) is 24.2 Å². The van der Waals surface area contributed by atoms with Gasteiger partial charge in [-0.2, -0.15) is 4.31 Å². The molecular weight excluding hydrogens is 392 g/mol. The van der Waals surface area contributed by atoms with Crippen molar-refractivity contribution in [1.82, 2.24) is 4.31 Å². The number of nitrogens with zero attached hydrogens (tertiary/aromatic N) is 1. The number of hydrogen-bond acceptors (Lipinski definition) is 4. The molecule has 3 rings (SSSR count). The van der Waals surface area contributed by atoms with Crippen molar-refractivity contribution in [2.45, 2.75) is 36.8 Å². The van der Waals surface area contributed by atoms with E-state index in [0.717, 1.165) is 25.0 Å². The Morgan fingerprint density at radius 1 is 1.07 bits per heavy atom. The summed E-state index contributed by atoms with van der Waals surface area (Å²) in [5, 5.41) is 2.81.